The maximum Gasteiger partial charge on any atom is 0.314 e. The van der Waals surface area contributed by atoms with Crippen molar-refractivity contribution in [3.05, 3.63) is 132 Å². The van der Waals surface area contributed by atoms with Crippen molar-refractivity contribution in [3.8, 4) is 11.5 Å². The van der Waals surface area contributed by atoms with Crippen molar-refractivity contribution >= 4 is 37.2 Å². The number of ketones is 1. The Morgan fingerprint density at radius 3 is 1.55 bits per heavy atom. The third-order valence-corrected chi connectivity index (χ3v) is 15.4. The van der Waals surface area contributed by atoms with Crippen molar-refractivity contribution < 1.29 is 34.8 Å². The van der Waals surface area contributed by atoms with Crippen molar-refractivity contribution in [2.75, 3.05) is 52.8 Å². The highest BCUT2D eigenvalue weighted by Crippen LogP contribution is 2.27. The predicted molar refractivity (Wildman–Crippen MR) is 247 cm³/mol. The van der Waals surface area contributed by atoms with Gasteiger partial charge in [-0.1, -0.05) is 72.8 Å². The number of Topliss-reactive ketones (excluding diaryl/α,β-unsaturated/α-hetero) is 1. The zero-order chi connectivity index (χ0) is 45.7. The van der Waals surface area contributed by atoms with Crippen LogP contribution in [0, 0.1) is 0 Å². The van der Waals surface area contributed by atoms with E-state index in [1.165, 1.54) is 21.5 Å². The molecule has 0 spiro atoms. The number of para-hydroxylation sites is 2. The lowest BCUT2D eigenvalue weighted by atomic mass is 10.1. The smallest absolute Gasteiger partial charge is 0.314 e. The zero-order valence-electron chi connectivity index (χ0n) is 36.5. The molecule has 0 unspecified atom stereocenters. The Morgan fingerprint density at radius 2 is 1.16 bits per heavy atom. The minimum absolute atomic E-state index is 0.00877. The van der Waals surface area contributed by atoms with Gasteiger partial charge in [0.1, 0.15) is 0 Å². The molecule has 0 radical (unpaired) electrons. The van der Waals surface area contributed by atoms with Crippen LogP contribution in [0.25, 0.3) is 11.5 Å². The maximum absolute atomic E-state index is 13.3. The molecule has 0 bridgehead atoms. The van der Waals surface area contributed by atoms with Gasteiger partial charge in [0.15, 0.2) is 5.78 Å². The van der Waals surface area contributed by atoms with E-state index in [1.54, 1.807) is 60.7 Å². The first-order valence-electron chi connectivity index (χ1n) is 21.9. The van der Waals surface area contributed by atoms with E-state index in [0.29, 0.717) is 47.4 Å². The standard InChI is InChI=1S/C24H28F2N4O3S.C23H31N3O3S/c1-18-7-5-14-29(18)15-6-16-34(31,32)30(21-8-3-2-4-9-21)17-19-10-12-20(13-11-19)23-27-28-24(33-23)22(25)26;1-19-7-5-14-25(19)15-6-16-30(28,29)26(22-8-3-2-4-9-22)18-20-10-12-21(13-11-20)23(27)17-24/h2-4,8-13,18,22H,5-7,14-17H2,1H3;2-4,8-13,19H,5-7,14-18,24H2,1H3/t18-;19-/m00/s1. The zero-order valence-corrected chi connectivity index (χ0v) is 38.1. The molecule has 2 saturated heterocycles. The van der Waals surface area contributed by atoms with Gasteiger partial charge in [-0.15, -0.1) is 10.2 Å². The molecule has 13 nitrogen and oxygen atoms in total. The second-order valence-electron chi connectivity index (χ2n) is 16.3. The number of rotatable bonds is 20. The first kappa shape index (κ1) is 48.4. The molecule has 2 aliphatic heterocycles. The van der Waals surface area contributed by atoms with Crippen LogP contribution in [-0.2, 0) is 33.1 Å². The monoisotopic (exact) mass is 919 g/mol. The Kier molecular flexibility index (Phi) is 17.2. The van der Waals surface area contributed by atoms with Crippen molar-refractivity contribution in [1.29, 1.82) is 0 Å². The van der Waals surface area contributed by atoms with E-state index < -0.39 is 32.4 Å². The summed E-state index contributed by atoms with van der Waals surface area (Å²) in [5.41, 5.74) is 9.25. The Labute approximate surface area is 376 Å². The summed E-state index contributed by atoms with van der Waals surface area (Å²) in [6.45, 7) is 8.37. The van der Waals surface area contributed by atoms with Crippen LogP contribution >= 0.6 is 0 Å². The average molecular weight is 920 g/mol. The summed E-state index contributed by atoms with van der Waals surface area (Å²) in [4.78, 5) is 16.5. The van der Waals surface area contributed by atoms with Crippen LogP contribution in [0.5, 0.6) is 0 Å². The van der Waals surface area contributed by atoms with E-state index in [2.05, 4.69) is 33.8 Å². The van der Waals surface area contributed by atoms with Gasteiger partial charge in [-0.25, -0.2) is 16.8 Å². The molecule has 3 heterocycles. The van der Waals surface area contributed by atoms with Crippen molar-refractivity contribution in [2.45, 2.75) is 84.0 Å². The number of hydrogen-bond acceptors (Lipinski definition) is 11. The van der Waals surface area contributed by atoms with Gasteiger partial charge in [0.05, 0.1) is 42.5 Å². The lowest BCUT2D eigenvalue weighted by Crippen LogP contribution is -2.35. The van der Waals surface area contributed by atoms with Crippen LogP contribution in [0.3, 0.4) is 0 Å². The number of aromatic nitrogens is 2. The summed E-state index contributed by atoms with van der Waals surface area (Å²) in [6, 6.07) is 33.0. The summed E-state index contributed by atoms with van der Waals surface area (Å²) in [5.74, 6) is -0.712. The van der Waals surface area contributed by atoms with E-state index in [-0.39, 0.29) is 42.8 Å². The highest BCUT2D eigenvalue weighted by atomic mass is 32.2. The molecule has 0 aliphatic carbocycles. The average Bonchev–Trinajstić information content (AvgIpc) is 4.07. The van der Waals surface area contributed by atoms with Gasteiger partial charge < -0.3 is 20.0 Å². The van der Waals surface area contributed by atoms with Gasteiger partial charge in [0, 0.05) is 23.2 Å². The molecule has 0 amide bonds. The molecule has 5 aromatic rings. The second kappa shape index (κ2) is 22.7. The molecule has 4 aromatic carbocycles. The summed E-state index contributed by atoms with van der Waals surface area (Å²) in [6.07, 6.45) is 3.04. The summed E-state index contributed by atoms with van der Waals surface area (Å²) in [5, 5.41) is 6.99. The number of nitrogens with zero attached hydrogens (tertiary/aromatic N) is 6. The fourth-order valence-electron chi connectivity index (χ4n) is 8.10. The largest absolute Gasteiger partial charge is 0.415 e. The molecule has 17 heteroatoms. The lowest BCUT2D eigenvalue weighted by Gasteiger charge is -2.26. The highest BCUT2D eigenvalue weighted by molar-refractivity contribution is 7.93. The van der Waals surface area contributed by atoms with Crippen LogP contribution in [-0.4, -0.2) is 98.9 Å². The number of carbonyl (C=O) groups is 1. The number of sulfonamides is 2. The predicted octanol–water partition coefficient (Wildman–Crippen LogP) is 7.92. The minimum atomic E-state index is -3.57. The number of hydrogen-bond donors (Lipinski definition) is 1. The van der Waals surface area contributed by atoms with E-state index >= 15 is 0 Å². The van der Waals surface area contributed by atoms with Gasteiger partial charge in [0.2, 0.25) is 25.9 Å². The molecule has 2 fully saturated rings. The molecular formula is C47H59F2N7O6S2. The van der Waals surface area contributed by atoms with Crippen molar-refractivity contribution in [2.24, 2.45) is 5.73 Å². The van der Waals surface area contributed by atoms with Crippen molar-refractivity contribution in [1.82, 2.24) is 20.0 Å². The molecule has 2 aliphatic rings. The molecule has 64 heavy (non-hydrogen) atoms. The molecule has 2 N–H and O–H groups in total. The Bertz CT molecular complexity index is 2440. The number of alkyl halides is 2. The molecule has 344 valence electrons. The first-order chi connectivity index (χ1) is 30.7. The number of likely N-dealkylation sites (tertiary alicyclic amines) is 2. The Hall–Kier alpha value is -5.07. The maximum atomic E-state index is 13.3. The number of anilines is 2. The van der Waals surface area contributed by atoms with Crippen LogP contribution in [0.1, 0.15) is 86.2 Å². The van der Waals surface area contributed by atoms with Crippen LogP contribution in [0.15, 0.2) is 114 Å². The number of benzene rings is 4. The summed E-state index contributed by atoms with van der Waals surface area (Å²) < 4.78 is 86.5. The van der Waals surface area contributed by atoms with Gasteiger partial charge in [-0.3, -0.25) is 13.4 Å². The van der Waals surface area contributed by atoms with E-state index in [1.807, 2.05) is 48.5 Å². The molecule has 0 saturated carbocycles. The summed E-state index contributed by atoms with van der Waals surface area (Å²) in [7, 11) is -7.06. The lowest BCUT2D eigenvalue weighted by molar-refractivity contribution is 0.100. The van der Waals surface area contributed by atoms with Gasteiger partial charge in [-0.2, -0.15) is 8.78 Å². The number of nitrogens with two attached hydrogens (primary N) is 1. The fourth-order valence-corrected chi connectivity index (χ4v) is 11.1. The van der Waals surface area contributed by atoms with Crippen molar-refractivity contribution in [3.63, 3.8) is 0 Å². The minimum Gasteiger partial charge on any atom is -0.415 e. The van der Waals surface area contributed by atoms with Crippen LogP contribution < -0.4 is 14.3 Å². The van der Waals surface area contributed by atoms with E-state index in [9.17, 15) is 30.4 Å². The van der Waals surface area contributed by atoms with E-state index in [4.69, 9.17) is 10.2 Å². The first-order valence-corrected chi connectivity index (χ1v) is 25.1. The second-order valence-corrected chi connectivity index (χ2v) is 20.4. The topological polar surface area (TPSA) is 163 Å². The Morgan fingerprint density at radius 1 is 0.703 bits per heavy atom. The SMILES string of the molecule is C[C@H]1CCCN1CCCS(=O)(=O)N(Cc1ccc(-c2nnc(C(F)F)o2)cc1)c1ccccc1.C[C@H]1CCCN1CCCS(=O)(=O)N(Cc1ccc(C(=O)CN)cc1)c1ccccc1. The van der Waals surface area contributed by atoms with Gasteiger partial charge >= 0.3 is 6.43 Å². The van der Waals surface area contributed by atoms with Gasteiger partial charge in [-0.05, 0) is 126 Å². The normalized spacial score (nSPS) is 17.0. The molecule has 7 rings (SSSR count). The molecular weight excluding hydrogens is 861 g/mol. The third-order valence-electron chi connectivity index (χ3n) is 11.8. The summed E-state index contributed by atoms with van der Waals surface area (Å²) >= 11 is 0. The Balaban J connectivity index is 0.000000214. The van der Waals surface area contributed by atoms with Gasteiger partial charge in [0.25, 0.3) is 5.89 Å². The quantitative estimate of drug-likeness (QED) is 0.0755. The highest BCUT2D eigenvalue weighted by Gasteiger charge is 2.27. The third kappa shape index (κ3) is 13.3. The van der Waals surface area contributed by atoms with E-state index in [0.717, 1.165) is 50.1 Å². The number of halogens is 2. The van der Waals surface area contributed by atoms with Crippen LogP contribution in [0.4, 0.5) is 20.2 Å². The van der Waals surface area contributed by atoms with Crippen LogP contribution in [0.2, 0.25) is 0 Å². The fraction of sp³-hybridized carbons (Fsp3) is 0.426. The number of carbonyl (C=O) groups excluding carboxylic acids is 1. The molecule has 2 atom stereocenters. The molecule has 1 aromatic heterocycles.